The van der Waals surface area contributed by atoms with E-state index >= 15 is 0 Å². The summed E-state index contributed by atoms with van der Waals surface area (Å²) in [6, 6.07) is 16.2. The van der Waals surface area contributed by atoms with Crippen LogP contribution in [0.1, 0.15) is 27.9 Å². The van der Waals surface area contributed by atoms with E-state index in [9.17, 15) is 9.59 Å². The van der Waals surface area contributed by atoms with Gasteiger partial charge in [0.2, 0.25) is 0 Å². The van der Waals surface area contributed by atoms with Crippen molar-refractivity contribution in [3.63, 3.8) is 0 Å². The standard InChI is InChI=1S/C20H16N4O2/c1-11(25)18-19-15(14-4-2-3-5-16(14)23-19)10-17(24-18)20(26)22-13-8-6-12(21)7-9-13/h2-10,23H,21H2,1H3,(H,22,26). The minimum atomic E-state index is -0.385. The second kappa shape index (κ2) is 6.00. The summed E-state index contributed by atoms with van der Waals surface area (Å²) >= 11 is 0. The van der Waals surface area contributed by atoms with Gasteiger partial charge in [-0.1, -0.05) is 18.2 Å². The number of H-pyrrole nitrogens is 1. The lowest BCUT2D eigenvalue weighted by Gasteiger charge is -2.07. The summed E-state index contributed by atoms with van der Waals surface area (Å²) in [5.41, 5.74) is 8.84. The summed E-state index contributed by atoms with van der Waals surface area (Å²) in [5.74, 6) is -0.590. The lowest BCUT2D eigenvalue weighted by Crippen LogP contribution is -2.15. The molecule has 2 aromatic carbocycles. The molecule has 0 saturated carbocycles. The number of fused-ring (bicyclic) bond motifs is 3. The van der Waals surface area contributed by atoms with Crippen molar-refractivity contribution >= 4 is 44.9 Å². The fraction of sp³-hybridized carbons (Fsp3) is 0.0500. The van der Waals surface area contributed by atoms with Crippen LogP contribution in [0, 0.1) is 0 Å². The molecule has 2 heterocycles. The maximum atomic E-state index is 12.6. The van der Waals surface area contributed by atoms with E-state index in [1.54, 1.807) is 30.3 Å². The van der Waals surface area contributed by atoms with Gasteiger partial charge in [-0.2, -0.15) is 0 Å². The van der Waals surface area contributed by atoms with E-state index < -0.39 is 0 Å². The third-order valence-electron chi connectivity index (χ3n) is 4.23. The smallest absolute Gasteiger partial charge is 0.274 e. The van der Waals surface area contributed by atoms with Gasteiger partial charge < -0.3 is 16.0 Å². The lowest BCUT2D eigenvalue weighted by atomic mass is 10.1. The molecular formula is C20H16N4O2. The number of hydrogen-bond donors (Lipinski definition) is 3. The number of hydrogen-bond acceptors (Lipinski definition) is 4. The zero-order valence-electron chi connectivity index (χ0n) is 14.0. The SMILES string of the molecule is CC(=O)c1nc(C(=O)Nc2ccc(N)cc2)cc2c1[nH]c1ccccc12. The maximum Gasteiger partial charge on any atom is 0.274 e. The fourth-order valence-electron chi connectivity index (χ4n) is 2.98. The molecule has 26 heavy (non-hydrogen) atoms. The summed E-state index contributed by atoms with van der Waals surface area (Å²) in [6.45, 7) is 1.44. The average Bonchev–Trinajstić information content (AvgIpc) is 3.01. The Kier molecular flexibility index (Phi) is 3.65. The van der Waals surface area contributed by atoms with Crippen molar-refractivity contribution < 1.29 is 9.59 Å². The van der Waals surface area contributed by atoms with Gasteiger partial charge in [-0.15, -0.1) is 0 Å². The average molecular weight is 344 g/mol. The van der Waals surface area contributed by atoms with Gasteiger partial charge in [-0.25, -0.2) is 4.98 Å². The van der Waals surface area contributed by atoms with Gasteiger partial charge in [-0.3, -0.25) is 9.59 Å². The summed E-state index contributed by atoms with van der Waals surface area (Å²) in [6.07, 6.45) is 0. The first-order chi connectivity index (χ1) is 12.5. The normalized spacial score (nSPS) is 11.0. The largest absolute Gasteiger partial charge is 0.399 e. The van der Waals surface area contributed by atoms with Crippen molar-refractivity contribution in [3.8, 4) is 0 Å². The van der Waals surface area contributed by atoms with Crippen LogP contribution in [0.2, 0.25) is 0 Å². The number of Topliss-reactive ketones (excluding diaryl/α,β-unsaturated/α-hetero) is 1. The monoisotopic (exact) mass is 344 g/mol. The van der Waals surface area contributed by atoms with Crippen LogP contribution in [0.5, 0.6) is 0 Å². The summed E-state index contributed by atoms with van der Waals surface area (Å²) in [4.78, 5) is 32.2. The number of aromatic amines is 1. The van der Waals surface area contributed by atoms with Crippen LogP contribution >= 0.6 is 0 Å². The van der Waals surface area contributed by atoms with Gasteiger partial charge in [0.05, 0.1) is 5.52 Å². The Morgan fingerprint density at radius 1 is 1.04 bits per heavy atom. The van der Waals surface area contributed by atoms with Crippen LogP contribution in [0.25, 0.3) is 21.8 Å². The Morgan fingerprint density at radius 2 is 1.77 bits per heavy atom. The minimum Gasteiger partial charge on any atom is -0.399 e. The van der Waals surface area contributed by atoms with Gasteiger partial charge in [0.25, 0.3) is 5.91 Å². The lowest BCUT2D eigenvalue weighted by molar-refractivity contribution is 0.101. The van der Waals surface area contributed by atoms with Crippen LogP contribution < -0.4 is 11.1 Å². The molecule has 0 fully saturated rings. The van der Waals surface area contributed by atoms with Crippen LogP contribution in [0.4, 0.5) is 11.4 Å². The molecule has 4 rings (SSSR count). The second-order valence-electron chi connectivity index (χ2n) is 6.08. The van der Waals surface area contributed by atoms with E-state index in [0.717, 1.165) is 16.3 Å². The predicted molar refractivity (Wildman–Crippen MR) is 102 cm³/mol. The number of nitrogens with zero attached hydrogens (tertiary/aromatic N) is 1. The number of pyridine rings is 1. The van der Waals surface area contributed by atoms with E-state index in [1.807, 2.05) is 24.3 Å². The topological polar surface area (TPSA) is 101 Å². The van der Waals surface area contributed by atoms with E-state index in [-0.39, 0.29) is 23.1 Å². The zero-order valence-corrected chi connectivity index (χ0v) is 14.0. The van der Waals surface area contributed by atoms with E-state index in [1.165, 1.54) is 6.92 Å². The number of benzene rings is 2. The van der Waals surface area contributed by atoms with Crippen LogP contribution in [0.3, 0.4) is 0 Å². The molecule has 0 aliphatic heterocycles. The highest BCUT2D eigenvalue weighted by Gasteiger charge is 2.18. The highest BCUT2D eigenvalue weighted by atomic mass is 16.2. The molecule has 4 aromatic rings. The number of nitrogen functional groups attached to an aromatic ring is 1. The van der Waals surface area contributed by atoms with Crippen molar-refractivity contribution in [2.75, 3.05) is 11.1 Å². The summed E-state index contributed by atoms with van der Waals surface area (Å²) < 4.78 is 0. The molecule has 0 unspecified atom stereocenters. The van der Waals surface area contributed by atoms with Crippen LogP contribution in [0.15, 0.2) is 54.6 Å². The van der Waals surface area contributed by atoms with Gasteiger partial charge in [0, 0.05) is 34.6 Å². The van der Waals surface area contributed by atoms with Crippen molar-refractivity contribution in [1.29, 1.82) is 0 Å². The van der Waals surface area contributed by atoms with Crippen molar-refractivity contribution in [2.45, 2.75) is 6.92 Å². The molecule has 0 aliphatic carbocycles. The number of nitrogens with two attached hydrogens (primary N) is 1. The fourth-order valence-corrected chi connectivity index (χ4v) is 2.98. The molecule has 0 radical (unpaired) electrons. The van der Waals surface area contributed by atoms with Gasteiger partial charge in [0.15, 0.2) is 5.78 Å². The first-order valence-electron chi connectivity index (χ1n) is 8.12. The Hall–Kier alpha value is -3.67. The molecule has 0 atom stereocenters. The molecule has 0 spiro atoms. The number of nitrogens with one attached hydrogen (secondary N) is 2. The van der Waals surface area contributed by atoms with Gasteiger partial charge in [0.1, 0.15) is 11.4 Å². The molecule has 0 aliphatic rings. The summed E-state index contributed by atoms with van der Waals surface area (Å²) in [5, 5.41) is 4.51. The molecule has 128 valence electrons. The Balaban J connectivity index is 1.84. The Labute approximate surface area is 149 Å². The molecule has 0 saturated heterocycles. The third kappa shape index (κ3) is 2.67. The highest BCUT2D eigenvalue weighted by molar-refractivity contribution is 6.16. The van der Waals surface area contributed by atoms with E-state index in [2.05, 4.69) is 15.3 Å². The quantitative estimate of drug-likeness (QED) is 0.389. The van der Waals surface area contributed by atoms with Crippen molar-refractivity contribution in [1.82, 2.24) is 9.97 Å². The molecule has 6 heteroatoms. The molecule has 6 nitrogen and oxygen atoms in total. The number of ketones is 1. The Morgan fingerprint density at radius 3 is 2.50 bits per heavy atom. The van der Waals surface area contributed by atoms with Gasteiger partial charge >= 0.3 is 0 Å². The van der Waals surface area contributed by atoms with Crippen LogP contribution in [-0.4, -0.2) is 21.7 Å². The van der Waals surface area contributed by atoms with Crippen molar-refractivity contribution in [3.05, 3.63) is 66.0 Å². The first kappa shape index (κ1) is 15.8. The van der Waals surface area contributed by atoms with Gasteiger partial charge in [-0.05, 0) is 36.4 Å². The highest BCUT2D eigenvalue weighted by Crippen LogP contribution is 2.28. The Bertz CT molecular complexity index is 1160. The van der Waals surface area contributed by atoms with E-state index in [0.29, 0.717) is 16.9 Å². The third-order valence-corrected chi connectivity index (χ3v) is 4.23. The van der Waals surface area contributed by atoms with E-state index in [4.69, 9.17) is 5.73 Å². The number of aromatic nitrogens is 2. The molecular weight excluding hydrogens is 328 g/mol. The minimum absolute atomic E-state index is 0.185. The number of para-hydroxylation sites is 1. The first-order valence-corrected chi connectivity index (χ1v) is 8.12. The molecule has 0 bridgehead atoms. The summed E-state index contributed by atoms with van der Waals surface area (Å²) in [7, 11) is 0. The number of amides is 1. The van der Waals surface area contributed by atoms with Crippen LogP contribution in [-0.2, 0) is 0 Å². The second-order valence-corrected chi connectivity index (χ2v) is 6.08. The maximum absolute atomic E-state index is 12.6. The number of rotatable bonds is 3. The molecule has 2 aromatic heterocycles. The van der Waals surface area contributed by atoms with Crippen molar-refractivity contribution in [2.24, 2.45) is 0 Å². The number of anilines is 2. The zero-order chi connectivity index (χ0) is 18.3. The number of carbonyl (C=O) groups excluding carboxylic acids is 2. The molecule has 1 amide bonds. The predicted octanol–water partition coefficient (Wildman–Crippen LogP) is 3.75. The number of carbonyl (C=O) groups is 2. The molecule has 4 N–H and O–H groups in total.